The SMILES string of the molecule is Cc1cc(C)c(NC(=O)CN(C)C(=O)c2csc3c2CCC(C)C3)c(C)c1. The summed E-state index contributed by atoms with van der Waals surface area (Å²) in [6.45, 7) is 8.33. The fourth-order valence-corrected chi connectivity index (χ4v) is 5.14. The Balaban J connectivity index is 1.68. The minimum absolute atomic E-state index is 0.0482. The van der Waals surface area contributed by atoms with Gasteiger partial charge < -0.3 is 10.2 Å². The topological polar surface area (TPSA) is 49.4 Å². The molecule has 0 saturated heterocycles. The molecule has 1 aromatic heterocycles. The predicted octanol–water partition coefficient (Wildman–Crippen LogP) is 4.51. The first-order valence-electron chi connectivity index (χ1n) is 9.48. The van der Waals surface area contributed by atoms with Gasteiger partial charge in [0.05, 0.1) is 12.1 Å². The molecule has 144 valence electrons. The van der Waals surface area contributed by atoms with Gasteiger partial charge in [-0.2, -0.15) is 0 Å². The quantitative estimate of drug-likeness (QED) is 0.843. The summed E-state index contributed by atoms with van der Waals surface area (Å²) >= 11 is 1.68. The van der Waals surface area contributed by atoms with Crippen LogP contribution in [0.15, 0.2) is 17.5 Å². The second-order valence-electron chi connectivity index (χ2n) is 7.88. The number of fused-ring (bicyclic) bond motifs is 1. The summed E-state index contributed by atoms with van der Waals surface area (Å²) in [5.41, 5.74) is 6.06. The van der Waals surface area contributed by atoms with Crippen molar-refractivity contribution in [3.63, 3.8) is 0 Å². The number of likely N-dealkylation sites (N-methyl/N-ethyl adjacent to an activating group) is 1. The molecule has 0 aliphatic heterocycles. The van der Waals surface area contributed by atoms with Crippen LogP contribution in [0.25, 0.3) is 0 Å². The highest BCUT2D eigenvalue weighted by molar-refractivity contribution is 7.10. The molecule has 1 aliphatic rings. The van der Waals surface area contributed by atoms with Crippen molar-refractivity contribution in [3.05, 3.63) is 50.2 Å². The van der Waals surface area contributed by atoms with Gasteiger partial charge in [0.2, 0.25) is 5.91 Å². The fraction of sp³-hybridized carbons (Fsp3) is 0.455. The van der Waals surface area contributed by atoms with Crippen LogP contribution in [0.3, 0.4) is 0 Å². The number of hydrogen-bond acceptors (Lipinski definition) is 3. The van der Waals surface area contributed by atoms with Crippen LogP contribution in [-0.2, 0) is 17.6 Å². The van der Waals surface area contributed by atoms with Gasteiger partial charge in [-0.1, -0.05) is 24.6 Å². The lowest BCUT2D eigenvalue weighted by Crippen LogP contribution is -2.35. The van der Waals surface area contributed by atoms with E-state index in [0.717, 1.165) is 41.6 Å². The summed E-state index contributed by atoms with van der Waals surface area (Å²) in [4.78, 5) is 28.3. The van der Waals surface area contributed by atoms with Crippen molar-refractivity contribution in [1.29, 1.82) is 0 Å². The Kier molecular flexibility index (Phi) is 5.70. The molecule has 0 bridgehead atoms. The Labute approximate surface area is 165 Å². The zero-order valence-corrected chi connectivity index (χ0v) is 17.6. The van der Waals surface area contributed by atoms with Gasteiger partial charge in [-0.25, -0.2) is 0 Å². The number of thiophene rings is 1. The zero-order chi connectivity index (χ0) is 19.7. The van der Waals surface area contributed by atoms with Gasteiger partial charge in [-0.15, -0.1) is 11.3 Å². The van der Waals surface area contributed by atoms with E-state index in [2.05, 4.69) is 24.4 Å². The van der Waals surface area contributed by atoms with E-state index in [-0.39, 0.29) is 18.4 Å². The predicted molar refractivity (Wildman–Crippen MR) is 112 cm³/mol. The van der Waals surface area contributed by atoms with Gasteiger partial charge in [-0.3, -0.25) is 9.59 Å². The van der Waals surface area contributed by atoms with Gasteiger partial charge in [0.15, 0.2) is 0 Å². The van der Waals surface area contributed by atoms with Crippen molar-refractivity contribution < 1.29 is 9.59 Å². The van der Waals surface area contributed by atoms with Crippen LogP contribution in [0.2, 0.25) is 0 Å². The number of anilines is 1. The summed E-state index contributed by atoms with van der Waals surface area (Å²) in [6.07, 6.45) is 3.15. The van der Waals surface area contributed by atoms with Gasteiger partial charge >= 0.3 is 0 Å². The van der Waals surface area contributed by atoms with Crippen LogP contribution >= 0.6 is 11.3 Å². The normalized spacial score (nSPS) is 16.0. The highest BCUT2D eigenvalue weighted by Crippen LogP contribution is 2.33. The van der Waals surface area contributed by atoms with Gasteiger partial charge in [0, 0.05) is 23.0 Å². The Morgan fingerprint density at radius 1 is 1.22 bits per heavy atom. The molecule has 2 aromatic rings. The smallest absolute Gasteiger partial charge is 0.255 e. The first-order chi connectivity index (χ1) is 12.8. The van der Waals surface area contributed by atoms with E-state index in [1.807, 2.05) is 26.2 Å². The Bertz CT molecular complexity index is 861. The molecule has 0 spiro atoms. The molecule has 0 radical (unpaired) electrons. The van der Waals surface area contributed by atoms with E-state index >= 15 is 0 Å². The van der Waals surface area contributed by atoms with Crippen LogP contribution in [0.4, 0.5) is 5.69 Å². The third-order valence-corrected chi connectivity index (χ3v) is 6.35. The zero-order valence-electron chi connectivity index (χ0n) is 16.8. The van der Waals surface area contributed by atoms with E-state index in [1.54, 1.807) is 18.4 Å². The highest BCUT2D eigenvalue weighted by atomic mass is 32.1. The minimum atomic E-state index is -0.168. The summed E-state index contributed by atoms with van der Waals surface area (Å²) < 4.78 is 0. The molecule has 2 amide bonds. The fourth-order valence-electron chi connectivity index (χ4n) is 3.91. The molecule has 5 heteroatoms. The Morgan fingerprint density at radius 3 is 2.56 bits per heavy atom. The number of carbonyl (C=O) groups is 2. The first kappa shape index (κ1) is 19.6. The summed E-state index contributed by atoms with van der Waals surface area (Å²) in [6, 6.07) is 4.10. The van der Waals surface area contributed by atoms with Crippen LogP contribution in [0.5, 0.6) is 0 Å². The molecule has 4 nitrogen and oxygen atoms in total. The number of rotatable bonds is 4. The standard InChI is InChI=1S/C22H28N2O2S/c1-13-6-7-17-18(12-27-19(17)10-13)22(26)24(5)11-20(25)23-21-15(3)8-14(2)9-16(21)4/h8-9,12-13H,6-7,10-11H2,1-5H3,(H,23,25). The molecule has 3 rings (SSSR count). The van der Waals surface area contributed by atoms with Crippen LogP contribution in [0, 0.1) is 26.7 Å². The Hall–Kier alpha value is -2.14. The maximum absolute atomic E-state index is 12.9. The summed E-state index contributed by atoms with van der Waals surface area (Å²) in [5.74, 6) is 0.455. The maximum Gasteiger partial charge on any atom is 0.255 e. The molecule has 1 heterocycles. The van der Waals surface area contributed by atoms with E-state index in [0.29, 0.717) is 5.92 Å². The van der Waals surface area contributed by atoms with Gasteiger partial charge in [-0.05, 0) is 62.6 Å². The van der Waals surface area contributed by atoms with Crippen molar-refractivity contribution >= 4 is 28.8 Å². The second kappa shape index (κ2) is 7.85. The molecule has 1 aromatic carbocycles. The summed E-state index contributed by atoms with van der Waals surface area (Å²) in [7, 11) is 1.70. The van der Waals surface area contributed by atoms with Crippen molar-refractivity contribution in [3.8, 4) is 0 Å². The number of benzene rings is 1. The first-order valence-corrected chi connectivity index (χ1v) is 10.4. The monoisotopic (exact) mass is 384 g/mol. The molecule has 1 aliphatic carbocycles. The number of amides is 2. The number of hydrogen-bond donors (Lipinski definition) is 1. The number of nitrogens with one attached hydrogen (secondary N) is 1. The molecule has 1 N–H and O–H groups in total. The minimum Gasteiger partial charge on any atom is -0.332 e. The van der Waals surface area contributed by atoms with Crippen LogP contribution in [0.1, 0.15) is 50.8 Å². The molecular weight excluding hydrogens is 356 g/mol. The third-order valence-electron chi connectivity index (χ3n) is 5.30. The molecule has 1 unspecified atom stereocenters. The lowest BCUT2D eigenvalue weighted by molar-refractivity contribution is -0.116. The highest BCUT2D eigenvalue weighted by Gasteiger charge is 2.25. The third kappa shape index (κ3) is 4.24. The lowest BCUT2D eigenvalue weighted by atomic mass is 9.88. The molecule has 1 atom stereocenters. The average Bonchev–Trinajstić information content (AvgIpc) is 3.00. The van der Waals surface area contributed by atoms with Crippen LogP contribution in [-0.4, -0.2) is 30.3 Å². The number of aryl methyl sites for hydroxylation is 3. The maximum atomic E-state index is 12.9. The molecule has 0 fully saturated rings. The molecule has 27 heavy (non-hydrogen) atoms. The average molecular weight is 385 g/mol. The van der Waals surface area contributed by atoms with E-state index in [9.17, 15) is 9.59 Å². The van der Waals surface area contributed by atoms with Crippen molar-refractivity contribution in [1.82, 2.24) is 4.90 Å². The van der Waals surface area contributed by atoms with E-state index in [1.165, 1.54) is 20.9 Å². The van der Waals surface area contributed by atoms with E-state index < -0.39 is 0 Å². The van der Waals surface area contributed by atoms with Gasteiger partial charge in [0.25, 0.3) is 5.91 Å². The second-order valence-corrected chi connectivity index (χ2v) is 8.85. The lowest BCUT2D eigenvalue weighted by Gasteiger charge is -2.21. The van der Waals surface area contributed by atoms with Crippen LogP contribution < -0.4 is 5.32 Å². The van der Waals surface area contributed by atoms with Crippen molar-refractivity contribution in [2.75, 3.05) is 18.9 Å². The summed E-state index contributed by atoms with van der Waals surface area (Å²) in [5, 5.41) is 4.94. The number of nitrogens with zero attached hydrogens (tertiary/aromatic N) is 1. The number of carbonyl (C=O) groups excluding carboxylic acids is 2. The van der Waals surface area contributed by atoms with E-state index in [4.69, 9.17) is 0 Å². The van der Waals surface area contributed by atoms with Gasteiger partial charge in [0.1, 0.15) is 0 Å². The molecule has 0 saturated carbocycles. The van der Waals surface area contributed by atoms with Crippen molar-refractivity contribution in [2.45, 2.75) is 47.0 Å². The Morgan fingerprint density at radius 2 is 1.89 bits per heavy atom. The largest absolute Gasteiger partial charge is 0.332 e. The molecular formula is C22H28N2O2S. The van der Waals surface area contributed by atoms with Crippen molar-refractivity contribution in [2.24, 2.45) is 5.92 Å².